The fraction of sp³-hybridized carbons (Fsp3) is 0.333. The lowest BCUT2D eigenvalue weighted by Crippen LogP contribution is -1.99. The Kier molecular flexibility index (Phi) is 3.62. The van der Waals surface area contributed by atoms with Crippen LogP contribution in [0.15, 0.2) is 22.9 Å². The molecule has 0 aliphatic carbocycles. The van der Waals surface area contributed by atoms with Gasteiger partial charge in [0.15, 0.2) is 0 Å². The molecule has 3 aromatic rings. The van der Waals surface area contributed by atoms with E-state index in [1.54, 1.807) is 19.4 Å². The molecular weight excluding hydrogens is 282 g/mol. The predicted molar refractivity (Wildman–Crippen MR) is 79.7 cm³/mol. The quantitative estimate of drug-likeness (QED) is 0.796. The third kappa shape index (κ3) is 2.45. The topological polar surface area (TPSA) is 89.7 Å². The monoisotopic (exact) mass is 299 g/mol. The molecule has 3 aromatic heterocycles. The smallest absolute Gasteiger partial charge is 0.234 e. The molecule has 0 aliphatic rings. The number of pyridine rings is 1. The Labute approximate surface area is 127 Å². The van der Waals surface area contributed by atoms with E-state index in [0.29, 0.717) is 17.6 Å². The van der Waals surface area contributed by atoms with Crippen molar-refractivity contribution in [3.05, 3.63) is 41.2 Å². The highest BCUT2D eigenvalue weighted by atomic mass is 16.5. The number of ether oxygens (including phenoxy) is 1. The van der Waals surface area contributed by atoms with E-state index < -0.39 is 0 Å². The van der Waals surface area contributed by atoms with Crippen LogP contribution in [0.25, 0.3) is 11.4 Å². The van der Waals surface area contributed by atoms with Gasteiger partial charge in [-0.3, -0.25) is 5.10 Å². The average Bonchev–Trinajstić information content (AvgIpc) is 3.14. The lowest BCUT2D eigenvalue weighted by molar-refractivity contribution is 0.370. The Bertz CT molecular complexity index is 773. The number of nitrogens with one attached hydrogen (secondary N) is 1. The summed E-state index contributed by atoms with van der Waals surface area (Å²) in [5, 5.41) is 11.2. The van der Waals surface area contributed by atoms with Crippen LogP contribution >= 0.6 is 0 Å². The maximum absolute atomic E-state index is 5.42. The van der Waals surface area contributed by atoms with Gasteiger partial charge in [0.2, 0.25) is 17.6 Å². The lowest BCUT2D eigenvalue weighted by atomic mass is 9.99. The second kappa shape index (κ2) is 5.59. The molecule has 0 aliphatic heterocycles. The molecule has 0 unspecified atom stereocenters. The molecule has 0 bridgehead atoms. The standard InChI is InChI=1S/C15H17N5O2/c1-8(13-9(2)18-19-10(13)3)15-17-14(20-22-15)11-5-6-16-12(7-11)21-4/h5-8H,1-4H3,(H,18,19)/t8-/m1/s1. The van der Waals surface area contributed by atoms with Gasteiger partial charge in [0.1, 0.15) is 0 Å². The third-order valence-corrected chi connectivity index (χ3v) is 3.63. The van der Waals surface area contributed by atoms with Crippen LogP contribution in [-0.4, -0.2) is 32.4 Å². The molecule has 0 radical (unpaired) electrons. The summed E-state index contributed by atoms with van der Waals surface area (Å²) in [6, 6.07) is 3.59. The van der Waals surface area contributed by atoms with Gasteiger partial charge in [-0.2, -0.15) is 10.1 Å². The van der Waals surface area contributed by atoms with E-state index in [4.69, 9.17) is 9.26 Å². The first-order chi connectivity index (χ1) is 10.6. The maximum Gasteiger partial charge on any atom is 0.234 e. The first-order valence-corrected chi connectivity index (χ1v) is 6.95. The second-order valence-electron chi connectivity index (χ2n) is 5.11. The van der Waals surface area contributed by atoms with Gasteiger partial charge in [-0.1, -0.05) is 5.16 Å². The highest BCUT2D eigenvalue weighted by Gasteiger charge is 2.22. The fourth-order valence-electron chi connectivity index (χ4n) is 2.51. The minimum atomic E-state index is -0.0243. The number of methoxy groups -OCH3 is 1. The Morgan fingerprint density at radius 3 is 2.82 bits per heavy atom. The maximum atomic E-state index is 5.42. The minimum absolute atomic E-state index is 0.0243. The molecule has 7 nitrogen and oxygen atoms in total. The Balaban J connectivity index is 1.93. The van der Waals surface area contributed by atoms with Gasteiger partial charge < -0.3 is 9.26 Å². The van der Waals surface area contributed by atoms with Gasteiger partial charge >= 0.3 is 0 Å². The van der Waals surface area contributed by atoms with E-state index in [9.17, 15) is 0 Å². The molecule has 1 N–H and O–H groups in total. The molecular formula is C15H17N5O2. The van der Waals surface area contributed by atoms with Crippen molar-refractivity contribution in [3.8, 4) is 17.3 Å². The summed E-state index contributed by atoms with van der Waals surface area (Å²) in [6.07, 6.45) is 1.65. The molecule has 0 saturated heterocycles. The zero-order valence-electron chi connectivity index (χ0n) is 12.9. The predicted octanol–water partition coefficient (Wildman–Crippen LogP) is 2.63. The van der Waals surface area contributed by atoms with Crippen LogP contribution in [0.3, 0.4) is 0 Å². The van der Waals surface area contributed by atoms with Crippen LogP contribution in [0.5, 0.6) is 5.88 Å². The molecule has 0 saturated carbocycles. The van der Waals surface area contributed by atoms with Crippen LogP contribution in [0.1, 0.15) is 35.7 Å². The van der Waals surface area contributed by atoms with Crippen molar-refractivity contribution in [2.75, 3.05) is 7.11 Å². The van der Waals surface area contributed by atoms with Crippen molar-refractivity contribution in [2.45, 2.75) is 26.7 Å². The normalized spacial score (nSPS) is 12.4. The molecule has 3 heterocycles. The average molecular weight is 299 g/mol. The number of aryl methyl sites for hydroxylation is 2. The number of hydrogen-bond donors (Lipinski definition) is 1. The summed E-state index contributed by atoms with van der Waals surface area (Å²) >= 11 is 0. The highest BCUT2D eigenvalue weighted by molar-refractivity contribution is 5.55. The van der Waals surface area contributed by atoms with E-state index in [1.807, 2.05) is 26.8 Å². The third-order valence-electron chi connectivity index (χ3n) is 3.63. The largest absolute Gasteiger partial charge is 0.481 e. The SMILES string of the molecule is COc1cc(-c2noc([C@H](C)c3c(C)n[nH]c3C)n2)ccn1. The molecule has 0 spiro atoms. The number of aromatic amines is 1. The van der Waals surface area contributed by atoms with E-state index in [-0.39, 0.29) is 5.92 Å². The Morgan fingerprint density at radius 2 is 2.14 bits per heavy atom. The van der Waals surface area contributed by atoms with Crippen LogP contribution in [-0.2, 0) is 0 Å². The van der Waals surface area contributed by atoms with E-state index in [0.717, 1.165) is 22.5 Å². The van der Waals surface area contributed by atoms with Crippen molar-refractivity contribution in [1.82, 2.24) is 25.3 Å². The zero-order chi connectivity index (χ0) is 15.7. The zero-order valence-corrected chi connectivity index (χ0v) is 12.9. The summed E-state index contributed by atoms with van der Waals surface area (Å²) in [6.45, 7) is 5.96. The van der Waals surface area contributed by atoms with Crippen molar-refractivity contribution >= 4 is 0 Å². The minimum Gasteiger partial charge on any atom is -0.481 e. The van der Waals surface area contributed by atoms with Crippen LogP contribution in [0, 0.1) is 13.8 Å². The number of H-pyrrole nitrogens is 1. The molecule has 0 fully saturated rings. The highest BCUT2D eigenvalue weighted by Crippen LogP contribution is 2.29. The first-order valence-electron chi connectivity index (χ1n) is 6.95. The molecule has 3 rings (SSSR count). The van der Waals surface area contributed by atoms with Gasteiger partial charge in [-0.05, 0) is 26.8 Å². The molecule has 0 amide bonds. The molecule has 0 aromatic carbocycles. The van der Waals surface area contributed by atoms with Gasteiger partial charge in [-0.25, -0.2) is 4.98 Å². The Morgan fingerprint density at radius 1 is 1.32 bits per heavy atom. The van der Waals surface area contributed by atoms with Crippen LogP contribution < -0.4 is 4.74 Å². The van der Waals surface area contributed by atoms with Gasteiger partial charge in [0, 0.05) is 29.1 Å². The number of aromatic nitrogens is 5. The number of nitrogens with zero attached hydrogens (tertiary/aromatic N) is 4. The summed E-state index contributed by atoms with van der Waals surface area (Å²) < 4.78 is 10.5. The van der Waals surface area contributed by atoms with E-state index in [1.165, 1.54) is 0 Å². The Hall–Kier alpha value is -2.70. The summed E-state index contributed by atoms with van der Waals surface area (Å²) in [5.41, 5.74) is 3.84. The lowest BCUT2D eigenvalue weighted by Gasteiger charge is -2.06. The van der Waals surface area contributed by atoms with Gasteiger partial charge in [0.05, 0.1) is 18.7 Å². The summed E-state index contributed by atoms with van der Waals surface area (Å²) in [5.74, 6) is 1.56. The van der Waals surface area contributed by atoms with E-state index in [2.05, 4.69) is 25.3 Å². The molecule has 22 heavy (non-hydrogen) atoms. The summed E-state index contributed by atoms with van der Waals surface area (Å²) in [7, 11) is 1.57. The number of rotatable bonds is 4. The second-order valence-corrected chi connectivity index (χ2v) is 5.11. The van der Waals surface area contributed by atoms with Crippen LogP contribution in [0.2, 0.25) is 0 Å². The van der Waals surface area contributed by atoms with Gasteiger partial charge in [0.25, 0.3) is 0 Å². The van der Waals surface area contributed by atoms with Crippen molar-refractivity contribution < 1.29 is 9.26 Å². The molecule has 1 atom stereocenters. The summed E-state index contributed by atoms with van der Waals surface area (Å²) in [4.78, 5) is 8.56. The molecule has 114 valence electrons. The van der Waals surface area contributed by atoms with Crippen LogP contribution in [0.4, 0.5) is 0 Å². The van der Waals surface area contributed by atoms with E-state index >= 15 is 0 Å². The first kappa shape index (κ1) is 14.2. The fourth-order valence-corrected chi connectivity index (χ4v) is 2.51. The van der Waals surface area contributed by atoms with Gasteiger partial charge in [-0.15, -0.1) is 0 Å². The molecule has 7 heteroatoms. The number of hydrogen-bond acceptors (Lipinski definition) is 6. The van der Waals surface area contributed by atoms with Crippen molar-refractivity contribution in [3.63, 3.8) is 0 Å². The van der Waals surface area contributed by atoms with Crippen molar-refractivity contribution in [1.29, 1.82) is 0 Å². The van der Waals surface area contributed by atoms with Crippen molar-refractivity contribution in [2.24, 2.45) is 0 Å².